The first-order chi connectivity index (χ1) is 28.6. The summed E-state index contributed by atoms with van der Waals surface area (Å²) >= 11 is 0. The molecule has 0 N–H and O–H groups in total. The van der Waals surface area contributed by atoms with Crippen LogP contribution in [0.3, 0.4) is 0 Å². The molecule has 0 fully saturated rings. The summed E-state index contributed by atoms with van der Waals surface area (Å²) in [6, 6.07) is 76.8. The number of hydrogen-bond acceptors (Lipinski definition) is 1. The summed E-state index contributed by atoms with van der Waals surface area (Å²) in [6.07, 6.45) is 0. The molecule has 272 valence electrons. The van der Waals surface area contributed by atoms with Crippen molar-refractivity contribution < 1.29 is 0 Å². The van der Waals surface area contributed by atoms with Crippen molar-refractivity contribution in [1.82, 2.24) is 0 Å². The van der Waals surface area contributed by atoms with Crippen molar-refractivity contribution >= 4 is 56.7 Å². The molecule has 2 heteroatoms. The molecule has 13 rings (SSSR count). The monoisotopic (exact) mass is 753 g/mol. The van der Waals surface area contributed by atoms with Crippen LogP contribution in [0.2, 0.25) is 0 Å². The van der Waals surface area contributed by atoms with Gasteiger partial charge in [-0.25, -0.2) is 0 Å². The molecule has 0 atom stereocenters. The van der Waals surface area contributed by atoms with Gasteiger partial charge in [0.15, 0.2) is 8.07 Å². The Labute approximate surface area is 340 Å². The maximum absolute atomic E-state index is 2.63. The van der Waals surface area contributed by atoms with Gasteiger partial charge in [0.25, 0.3) is 0 Å². The molecular formula is C56H39NSi. The number of para-hydroxylation sites is 2. The lowest BCUT2D eigenvalue weighted by atomic mass is 9.52. The molecule has 0 aromatic heterocycles. The molecule has 0 saturated heterocycles. The molecule has 1 nitrogen and oxygen atoms in total. The van der Waals surface area contributed by atoms with Gasteiger partial charge in [0.05, 0.1) is 16.8 Å². The molecular weight excluding hydrogens is 715 g/mol. The summed E-state index contributed by atoms with van der Waals surface area (Å²) in [7, 11) is -2.63. The summed E-state index contributed by atoms with van der Waals surface area (Å²) in [5, 5.41) is 8.62. The highest BCUT2D eigenvalue weighted by atomic mass is 28.3. The third-order valence-corrected chi connectivity index (χ3v) is 19.3. The summed E-state index contributed by atoms with van der Waals surface area (Å²) in [5.74, 6) is 0. The average molecular weight is 754 g/mol. The lowest BCUT2D eigenvalue weighted by Gasteiger charge is -2.52. The number of rotatable bonds is 1. The molecule has 2 spiro atoms. The molecule has 0 amide bonds. The Hall–Kier alpha value is -6.74. The number of hydrogen-bond donors (Lipinski definition) is 0. The van der Waals surface area contributed by atoms with Crippen LogP contribution >= 0.6 is 0 Å². The standard InChI is InChI=1S/C56H39NSi/c1-55(2)43-22-8-9-23-44(43)56(47-34-31-36-17-3-4-18-38(36)54(47)55)45-24-10-12-26-48(45)57(49-27-13-11-25-46(49)56)37-32-33-42-41-21-7-16-30-52(41)58(53(42)35-37)50-28-14-5-19-39(50)40-20-6-15-29-51(40)58/h3-35H,1-2H3. The second-order valence-corrected chi connectivity index (χ2v) is 20.8. The van der Waals surface area contributed by atoms with Gasteiger partial charge in [-0.05, 0) is 111 Å². The Morgan fingerprint density at radius 1 is 0.379 bits per heavy atom. The van der Waals surface area contributed by atoms with Crippen molar-refractivity contribution in [3.05, 3.63) is 234 Å². The lowest BCUT2D eigenvalue weighted by molar-refractivity contribution is 0.561. The molecule has 4 aliphatic rings. The number of fused-ring (bicyclic) bond motifs is 20. The van der Waals surface area contributed by atoms with Crippen LogP contribution in [-0.2, 0) is 10.8 Å². The number of nitrogens with zero attached hydrogens (tertiary/aromatic N) is 1. The third-order valence-electron chi connectivity index (χ3n) is 14.3. The summed E-state index contributed by atoms with van der Waals surface area (Å²) in [6.45, 7) is 4.86. The normalized spacial score (nSPS) is 16.1. The van der Waals surface area contributed by atoms with Crippen LogP contribution < -0.4 is 25.6 Å². The van der Waals surface area contributed by atoms with Crippen LogP contribution in [0.15, 0.2) is 200 Å². The van der Waals surface area contributed by atoms with Gasteiger partial charge in [-0.15, -0.1) is 0 Å². The van der Waals surface area contributed by atoms with Gasteiger partial charge >= 0.3 is 0 Å². The van der Waals surface area contributed by atoms with Crippen LogP contribution in [0.25, 0.3) is 33.0 Å². The largest absolute Gasteiger partial charge is 0.310 e. The fourth-order valence-electron chi connectivity index (χ4n) is 12.2. The Kier molecular flexibility index (Phi) is 6.26. The summed E-state index contributed by atoms with van der Waals surface area (Å²) < 4.78 is 0. The predicted molar refractivity (Wildman–Crippen MR) is 244 cm³/mol. The molecule has 0 radical (unpaired) electrons. The Balaban J connectivity index is 1.12. The van der Waals surface area contributed by atoms with E-state index in [2.05, 4.69) is 219 Å². The Bertz CT molecular complexity index is 3130. The van der Waals surface area contributed by atoms with E-state index in [1.54, 1.807) is 0 Å². The van der Waals surface area contributed by atoms with E-state index in [0.29, 0.717) is 0 Å². The van der Waals surface area contributed by atoms with Crippen LogP contribution in [0.4, 0.5) is 17.1 Å². The lowest BCUT2D eigenvalue weighted by Crippen LogP contribution is -2.70. The molecule has 9 aromatic rings. The average Bonchev–Trinajstić information content (AvgIpc) is 3.75. The molecule has 0 unspecified atom stereocenters. The minimum Gasteiger partial charge on any atom is -0.310 e. The van der Waals surface area contributed by atoms with E-state index in [9.17, 15) is 0 Å². The first-order valence-corrected chi connectivity index (χ1v) is 22.6. The van der Waals surface area contributed by atoms with Crippen LogP contribution in [0.1, 0.15) is 47.2 Å². The quantitative estimate of drug-likeness (QED) is 0.151. The zero-order valence-corrected chi connectivity index (χ0v) is 33.5. The van der Waals surface area contributed by atoms with Crippen molar-refractivity contribution in [3.63, 3.8) is 0 Å². The highest BCUT2D eigenvalue weighted by molar-refractivity contribution is 7.24. The minimum atomic E-state index is -2.63. The number of anilines is 3. The summed E-state index contributed by atoms with van der Waals surface area (Å²) in [5.41, 5.74) is 16.7. The zero-order chi connectivity index (χ0) is 38.4. The fraction of sp³-hybridized carbons (Fsp3) is 0.0714. The Morgan fingerprint density at radius 2 is 0.862 bits per heavy atom. The van der Waals surface area contributed by atoms with Gasteiger partial charge < -0.3 is 4.90 Å². The maximum atomic E-state index is 2.59. The van der Waals surface area contributed by atoms with E-state index in [-0.39, 0.29) is 5.41 Å². The van der Waals surface area contributed by atoms with E-state index >= 15 is 0 Å². The van der Waals surface area contributed by atoms with Gasteiger partial charge in [0.2, 0.25) is 0 Å². The van der Waals surface area contributed by atoms with Crippen molar-refractivity contribution in [2.45, 2.75) is 24.7 Å². The van der Waals surface area contributed by atoms with E-state index in [1.807, 2.05) is 0 Å². The first-order valence-electron chi connectivity index (χ1n) is 20.6. The van der Waals surface area contributed by atoms with Crippen molar-refractivity contribution in [1.29, 1.82) is 0 Å². The van der Waals surface area contributed by atoms with Crippen molar-refractivity contribution in [3.8, 4) is 22.3 Å². The second-order valence-electron chi connectivity index (χ2n) is 17.1. The van der Waals surface area contributed by atoms with E-state index < -0.39 is 13.5 Å². The van der Waals surface area contributed by atoms with Gasteiger partial charge in [-0.1, -0.05) is 190 Å². The Morgan fingerprint density at radius 3 is 1.48 bits per heavy atom. The van der Waals surface area contributed by atoms with E-state index in [4.69, 9.17) is 0 Å². The zero-order valence-electron chi connectivity index (χ0n) is 32.5. The minimum absolute atomic E-state index is 0.207. The molecule has 58 heavy (non-hydrogen) atoms. The first kappa shape index (κ1) is 32.4. The van der Waals surface area contributed by atoms with Crippen molar-refractivity contribution in [2.75, 3.05) is 4.90 Å². The van der Waals surface area contributed by atoms with Crippen LogP contribution in [-0.4, -0.2) is 8.07 Å². The SMILES string of the molecule is CC1(C)c2ccccc2C2(c3ccccc3N(c3ccc4c(c3)[Si]3(c5ccccc5-c5ccccc53)c3ccccc3-4)c3ccccc32)c2ccc3ccccc3c21. The second kappa shape index (κ2) is 11.2. The van der Waals surface area contributed by atoms with E-state index in [1.165, 1.54) is 104 Å². The van der Waals surface area contributed by atoms with Crippen LogP contribution in [0.5, 0.6) is 0 Å². The molecule has 0 bridgehead atoms. The van der Waals surface area contributed by atoms with Gasteiger partial charge in [0, 0.05) is 11.1 Å². The van der Waals surface area contributed by atoms with Gasteiger partial charge in [0.1, 0.15) is 0 Å². The fourth-order valence-corrected chi connectivity index (χ4v) is 17.9. The molecule has 9 aromatic carbocycles. The van der Waals surface area contributed by atoms with Crippen molar-refractivity contribution in [2.24, 2.45) is 0 Å². The maximum Gasteiger partial charge on any atom is 0.182 e. The van der Waals surface area contributed by atoms with E-state index in [0.717, 1.165) is 0 Å². The molecule has 1 aliphatic carbocycles. The smallest absolute Gasteiger partial charge is 0.182 e. The topological polar surface area (TPSA) is 3.24 Å². The highest BCUT2D eigenvalue weighted by Gasteiger charge is 2.56. The third kappa shape index (κ3) is 3.69. The highest BCUT2D eigenvalue weighted by Crippen LogP contribution is 2.63. The summed E-state index contributed by atoms with van der Waals surface area (Å²) in [4.78, 5) is 2.58. The molecule has 0 saturated carbocycles. The van der Waals surface area contributed by atoms with Crippen LogP contribution in [0, 0.1) is 0 Å². The molecule has 3 aliphatic heterocycles. The van der Waals surface area contributed by atoms with Gasteiger partial charge in [-0.2, -0.15) is 0 Å². The molecule has 3 heterocycles. The predicted octanol–water partition coefficient (Wildman–Crippen LogP) is 11.0. The van der Waals surface area contributed by atoms with Gasteiger partial charge in [-0.3, -0.25) is 0 Å². The number of benzene rings is 9.